The maximum absolute atomic E-state index is 5.51. The molecule has 0 aromatic heterocycles. The minimum Gasteiger partial charge on any atom is -0.376 e. The van der Waals surface area contributed by atoms with Crippen molar-refractivity contribution >= 4 is 17.3 Å². The molecule has 0 saturated carbocycles. The Hall–Kier alpha value is -0.310. The minimum absolute atomic E-state index is 0.263. The fourth-order valence-electron chi connectivity index (χ4n) is 0.918. The first-order valence-corrected chi connectivity index (χ1v) is 4.32. The van der Waals surface area contributed by atoms with Crippen molar-refractivity contribution in [2.75, 3.05) is 13.1 Å². The molecule has 11 heavy (non-hydrogen) atoms. The summed E-state index contributed by atoms with van der Waals surface area (Å²) in [6.45, 7) is 10.4. The number of nitrogens with two attached hydrogens (primary N) is 1. The third-order valence-electron chi connectivity index (χ3n) is 1.36. The predicted molar refractivity (Wildman–Crippen MR) is 53.5 cm³/mol. The lowest BCUT2D eigenvalue weighted by molar-refractivity contribution is 0.284. The molecule has 0 radical (unpaired) electrons. The molecule has 0 atom stereocenters. The van der Waals surface area contributed by atoms with E-state index in [0.29, 0.717) is 5.11 Å². The second kappa shape index (κ2) is 3.90. The Balaban J connectivity index is 3.99. The molecule has 66 valence electrons. The van der Waals surface area contributed by atoms with Crippen LogP contribution in [0.2, 0.25) is 0 Å². The number of thiocarbonyl (C=S) groups is 1. The van der Waals surface area contributed by atoms with Crippen molar-refractivity contribution in [3.8, 4) is 0 Å². The first kappa shape index (κ1) is 10.7. The lowest BCUT2D eigenvalue weighted by Gasteiger charge is -2.29. The summed E-state index contributed by atoms with van der Waals surface area (Å²) >= 11 is 4.89. The van der Waals surface area contributed by atoms with Gasteiger partial charge in [-0.05, 0) is 24.6 Å². The zero-order chi connectivity index (χ0) is 9.07. The van der Waals surface area contributed by atoms with Gasteiger partial charge in [0, 0.05) is 13.1 Å². The summed E-state index contributed by atoms with van der Waals surface area (Å²) in [4.78, 5) is 2.01. The SMILES string of the molecule is CCN(CC(C)(C)C)C(N)=S. The molecule has 0 aromatic carbocycles. The third-order valence-corrected chi connectivity index (χ3v) is 1.62. The Bertz CT molecular complexity index is 138. The molecule has 0 aliphatic rings. The number of hydrogen-bond donors (Lipinski definition) is 1. The van der Waals surface area contributed by atoms with Gasteiger partial charge in [0.25, 0.3) is 0 Å². The summed E-state index contributed by atoms with van der Waals surface area (Å²) in [7, 11) is 0. The largest absolute Gasteiger partial charge is 0.376 e. The molecule has 0 amide bonds. The van der Waals surface area contributed by atoms with Crippen molar-refractivity contribution in [1.29, 1.82) is 0 Å². The molecule has 0 unspecified atom stereocenters. The molecule has 3 heteroatoms. The van der Waals surface area contributed by atoms with Gasteiger partial charge < -0.3 is 10.6 Å². The maximum atomic E-state index is 5.51. The second-order valence-electron chi connectivity index (χ2n) is 3.91. The first-order valence-electron chi connectivity index (χ1n) is 3.91. The predicted octanol–water partition coefficient (Wildman–Crippen LogP) is 1.60. The summed E-state index contributed by atoms with van der Waals surface area (Å²) in [5.74, 6) is 0. The molecule has 0 aliphatic heterocycles. The molecule has 0 spiro atoms. The smallest absolute Gasteiger partial charge is 0.166 e. The van der Waals surface area contributed by atoms with Gasteiger partial charge in [-0.3, -0.25) is 0 Å². The van der Waals surface area contributed by atoms with Gasteiger partial charge in [-0.15, -0.1) is 0 Å². The second-order valence-corrected chi connectivity index (χ2v) is 4.33. The molecular formula is C8H18N2S. The van der Waals surface area contributed by atoms with E-state index in [1.807, 2.05) is 4.90 Å². The molecule has 0 rings (SSSR count). The van der Waals surface area contributed by atoms with E-state index in [0.717, 1.165) is 13.1 Å². The van der Waals surface area contributed by atoms with Gasteiger partial charge in [0.05, 0.1) is 0 Å². The van der Waals surface area contributed by atoms with Crippen LogP contribution in [0.5, 0.6) is 0 Å². The van der Waals surface area contributed by atoms with Gasteiger partial charge in [-0.1, -0.05) is 20.8 Å². The Kier molecular flexibility index (Phi) is 3.79. The van der Waals surface area contributed by atoms with Crippen molar-refractivity contribution in [2.45, 2.75) is 27.7 Å². The Morgan fingerprint density at radius 2 is 1.91 bits per heavy atom. The Morgan fingerprint density at radius 3 is 2.00 bits per heavy atom. The molecule has 0 heterocycles. The number of hydrogen-bond acceptors (Lipinski definition) is 1. The summed E-state index contributed by atoms with van der Waals surface area (Å²) in [6.07, 6.45) is 0. The van der Waals surface area contributed by atoms with Crippen molar-refractivity contribution in [3.63, 3.8) is 0 Å². The minimum atomic E-state index is 0.263. The van der Waals surface area contributed by atoms with Crippen molar-refractivity contribution in [2.24, 2.45) is 11.1 Å². The van der Waals surface area contributed by atoms with Gasteiger partial charge >= 0.3 is 0 Å². The molecule has 0 aromatic rings. The van der Waals surface area contributed by atoms with E-state index < -0.39 is 0 Å². The van der Waals surface area contributed by atoms with Gasteiger partial charge in [-0.2, -0.15) is 0 Å². The van der Waals surface area contributed by atoms with Crippen LogP contribution in [0.3, 0.4) is 0 Å². The van der Waals surface area contributed by atoms with Crippen LogP contribution in [0.25, 0.3) is 0 Å². The molecule has 0 bridgehead atoms. The van der Waals surface area contributed by atoms with Crippen LogP contribution in [-0.2, 0) is 0 Å². The van der Waals surface area contributed by atoms with Crippen LogP contribution in [0.15, 0.2) is 0 Å². The average Bonchev–Trinajstić information content (AvgIpc) is 1.80. The van der Waals surface area contributed by atoms with Gasteiger partial charge in [0.15, 0.2) is 5.11 Å². The molecule has 0 saturated heterocycles. The van der Waals surface area contributed by atoms with E-state index in [2.05, 4.69) is 27.7 Å². The average molecular weight is 174 g/mol. The van der Waals surface area contributed by atoms with E-state index in [1.165, 1.54) is 0 Å². The highest BCUT2D eigenvalue weighted by Crippen LogP contribution is 2.14. The van der Waals surface area contributed by atoms with Crippen LogP contribution in [0.1, 0.15) is 27.7 Å². The fourth-order valence-corrected chi connectivity index (χ4v) is 1.11. The van der Waals surface area contributed by atoms with E-state index in [-0.39, 0.29) is 5.41 Å². The quantitative estimate of drug-likeness (QED) is 0.645. The lowest BCUT2D eigenvalue weighted by atomic mass is 9.96. The van der Waals surface area contributed by atoms with Crippen LogP contribution in [-0.4, -0.2) is 23.1 Å². The Labute approximate surface area is 74.8 Å². The highest BCUT2D eigenvalue weighted by Gasteiger charge is 2.15. The van der Waals surface area contributed by atoms with E-state index in [4.69, 9.17) is 18.0 Å². The zero-order valence-corrected chi connectivity index (χ0v) is 8.66. The van der Waals surface area contributed by atoms with Gasteiger partial charge in [-0.25, -0.2) is 0 Å². The van der Waals surface area contributed by atoms with Crippen molar-refractivity contribution in [3.05, 3.63) is 0 Å². The molecule has 2 nitrogen and oxygen atoms in total. The lowest BCUT2D eigenvalue weighted by Crippen LogP contribution is -2.40. The number of nitrogens with zero attached hydrogens (tertiary/aromatic N) is 1. The van der Waals surface area contributed by atoms with Gasteiger partial charge in [0.2, 0.25) is 0 Å². The molecule has 0 fully saturated rings. The van der Waals surface area contributed by atoms with Gasteiger partial charge in [0.1, 0.15) is 0 Å². The van der Waals surface area contributed by atoms with Crippen LogP contribution < -0.4 is 5.73 Å². The topological polar surface area (TPSA) is 29.3 Å². The third kappa shape index (κ3) is 5.01. The molecule has 0 aliphatic carbocycles. The summed E-state index contributed by atoms with van der Waals surface area (Å²) in [6, 6.07) is 0. The Morgan fingerprint density at radius 1 is 1.45 bits per heavy atom. The van der Waals surface area contributed by atoms with Crippen molar-refractivity contribution < 1.29 is 0 Å². The van der Waals surface area contributed by atoms with E-state index in [1.54, 1.807) is 0 Å². The highest BCUT2D eigenvalue weighted by atomic mass is 32.1. The van der Waals surface area contributed by atoms with Crippen LogP contribution in [0.4, 0.5) is 0 Å². The molecule has 2 N–H and O–H groups in total. The van der Waals surface area contributed by atoms with E-state index in [9.17, 15) is 0 Å². The van der Waals surface area contributed by atoms with Crippen molar-refractivity contribution in [1.82, 2.24) is 4.90 Å². The molecular weight excluding hydrogens is 156 g/mol. The van der Waals surface area contributed by atoms with E-state index >= 15 is 0 Å². The van der Waals surface area contributed by atoms with Crippen LogP contribution >= 0.6 is 12.2 Å². The maximum Gasteiger partial charge on any atom is 0.166 e. The zero-order valence-electron chi connectivity index (χ0n) is 7.85. The summed E-state index contributed by atoms with van der Waals surface area (Å²) < 4.78 is 0. The summed E-state index contributed by atoms with van der Waals surface area (Å²) in [5.41, 5.74) is 5.78. The number of rotatable bonds is 2. The fraction of sp³-hybridized carbons (Fsp3) is 0.875. The first-order chi connectivity index (χ1) is 4.87. The monoisotopic (exact) mass is 174 g/mol. The summed E-state index contributed by atoms with van der Waals surface area (Å²) in [5, 5.41) is 0.502. The van der Waals surface area contributed by atoms with Crippen LogP contribution in [0, 0.1) is 5.41 Å². The normalized spacial score (nSPS) is 11.3. The standard InChI is InChI=1S/C8H18N2S/c1-5-10(7(9)11)6-8(2,3)4/h5-6H2,1-4H3,(H2,9,11). The highest BCUT2D eigenvalue weighted by molar-refractivity contribution is 7.80.